The van der Waals surface area contributed by atoms with Gasteiger partial charge in [-0.3, -0.25) is 4.79 Å². The lowest BCUT2D eigenvalue weighted by molar-refractivity contribution is -0.214. The first-order valence-electron chi connectivity index (χ1n) is 12.0. The molecule has 8 atom stereocenters. The van der Waals surface area contributed by atoms with Gasteiger partial charge in [-0.25, -0.2) is 0 Å². The molecule has 0 radical (unpaired) electrons. The predicted molar refractivity (Wildman–Crippen MR) is 113 cm³/mol. The summed E-state index contributed by atoms with van der Waals surface area (Å²) in [5.41, 5.74) is 0.144. The maximum absolute atomic E-state index is 12.7. The lowest BCUT2D eigenvalue weighted by Crippen LogP contribution is -2.65. The number of carbonyl (C=O) groups excluding carboxylic acids is 1. The molecule has 5 nitrogen and oxygen atoms in total. The second kappa shape index (κ2) is 6.78. The van der Waals surface area contributed by atoms with E-state index in [4.69, 9.17) is 4.84 Å². The molecular weight excluding hydrogens is 364 g/mol. The zero-order valence-electron chi connectivity index (χ0n) is 18.4. The fourth-order valence-corrected chi connectivity index (χ4v) is 8.19. The number of oxime groups is 1. The van der Waals surface area contributed by atoms with E-state index in [2.05, 4.69) is 31.2 Å². The Morgan fingerprint density at radius 3 is 2.72 bits per heavy atom. The zero-order valence-corrected chi connectivity index (χ0v) is 18.4. The van der Waals surface area contributed by atoms with Crippen LogP contribution in [0.1, 0.15) is 78.6 Å². The summed E-state index contributed by atoms with van der Waals surface area (Å²) < 4.78 is 0. The van der Waals surface area contributed by atoms with Crippen molar-refractivity contribution in [2.75, 3.05) is 13.1 Å². The number of nitrogens with zero attached hydrogens (tertiary/aromatic N) is 1. The SMILES string of the molecule is C[C@H]1C[C@H]2[C@@H]3CCC(=O)[C@@]3(C)CC[C@@H]2[C@@]2(C)CC/C(=N/O[C@H]3CCNC3)C[C@]12O. The molecule has 0 unspecified atom stereocenters. The van der Waals surface area contributed by atoms with Crippen molar-refractivity contribution < 1.29 is 14.7 Å². The second-order valence-corrected chi connectivity index (χ2v) is 11.3. The van der Waals surface area contributed by atoms with Crippen LogP contribution in [0.25, 0.3) is 0 Å². The molecule has 0 aromatic heterocycles. The molecule has 2 N–H and O–H groups in total. The molecule has 29 heavy (non-hydrogen) atoms. The van der Waals surface area contributed by atoms with Gasteiger partial charge in [0.05, 0.1) is 11.3 Å². The van der Waals surface area contributed by atoms with Crippen LogP contribution < -0.4 is 5.32 Å². The first-order chi connectivity index (χ1) is 13.8. The van der Waals surface area contributed by atoms with Crippen molar-refractivity contribution in [3.63, 3.8) is 0 Å². The van der Waals surface area contributed by atoms with Crippen molar-refractivity contribution in [2.45, 2.75) is 90.3 Å². The molecule has 5 rings (SSSR count). The van der Waals surface area contributed by atoms with Gasteiger partial charge in [0.25, 0.3) is 0 Å². The third-order valence-electron chi connectivity index (χ3n) is 10.1. The fourth-order valence-electron chi connectivity index (χ4n) is 8.19. The number of hydrogen-bond acceptors (Lipinski definition) is 5. The summed E-state index contributed by atoms with van der Waals surface area (Å²) in [5, 5.41) is 19.9. The summed E-state index contributed by atoms with van der Waals surface area (Å²) in [6.07, 6.45) is 8.72. The van der Waals surface area contributed by atoms with Gasteiger partial charge in [0, 0.05) is 36.6 Å². The molecule has 1 heterocycles. The highest BCUT2D eigenvalue weighted by atomic mass is 16.6. The van der Waals surface area contributed by atoms with Crippen LogP contribution in [0.2, 0.25) is 0 Å². The van der Waals surface area contributed by atoms with E-state index < -0.39 is 5.60 Å². The van der Waals surface area contributed by atoms with Crippen molar-refractivity contribution in [1.82, 2.24) is 5.32 Å². The Morgan fingerprint density at radius 2 is 1.97 bits per heavy atom. The van der Waals surface area contributed by atoms with Crippen LogP contribution in [0.3, 0.4) is 0 Å². The Balaban J connectivity index is 1.39. The average Bonchev–Trinajstić information content (AvgIpc) is 3.31. The molecule has 5 fully saturated rings. The summed E-state index contributed by atoms with van der Waals surface area (Å²) in [5.74, 6) is 2.35. The Kier molecular flexibility index (Phi) is 4.67. The van der Waals surface area contributed by atoms with Gasteiger partial charge in [0.15, 0.2) is 0 Å². The number of carbonyl (C=O) groups is 1. The van der Waals surface area contributed by atoms with E-state index in [0.29, 0.717) is 30.0 Å². The summed E-state index contributed by atoms with van der Waals surface area (Å²) >= 11 is 0. The van der Waals surface area contributed by atoms with Gasteiger partial charge in [-0.15, -0.1) is 0 Å². The number of rotatable bonds is 2. The standard InChI is InChI=1S/C24H38N2O3/c1-15-12-18-19-4-5-21(27)22(19,2)9-7-20(18)23(3)10-6-16(13-24(15,23)28)26-29-17-8-11-25-14-17/h15,17-20,25,28H,4-14H2,1-3H3/b26-16-/t15-,17-,18-,19-,20-,22-,23+,24-/m0/s1. The smallest absolute Gasteiger partial charge is 0.141 e. The Bertz CT molecular complexity index is 717. The van der Waals surface area contributed by atoms with Crippen LogP contribution in [0, 0.1) is 34.5 Å². The quantitative estimate of drug-likeness (QED) is 0.691. The molecule has 4 saturated carbocycles. The first kappa shape index (κ1) is 20.0. The summed E-state index contributed by atoms with van der Waals surface area (Å²) in [6, 6.07) is 0. The van der Waals surface area contributed by atoms with Gasteiger partial charge in [-0.1, -0.05) is 25.9 Å². The number of aliphatic hydroxyl groups is 1. The molecule has 0 aromatic carbocycles. The molecule has 1 saturated heterocycles. The number of ketones is 1. The first-order valence-corrected chi connectivity index (χ1v) is 12.0. The van der Waals surface area contributed by atoms with Crippen LogP contribution in [-0.2, 0) is 9.63 Å². The molecule has 0 amide bonds. The maximum Gasteiger partial charge on any atom is 0.141 e. The Morgan fingerprint density at radius 1 is 1.14 bits per heavy atom. The van der Waals surface area contributed by atoms with Crippen molar-refractivity contribution in [3.05, 3.63) is 0 Å². The van der Waals surface area contributed by atoms with Gasteiger partial charge >= 0.3 is 0 Å². The topological polar surface area (TPSA) is 70.9 Å². The zero-order chi connectivity index (χ0) is 20.4. The Hall–Kier alpha value is -0.940. The molecule has 162 valence electrons. The van der Waals surface area contributed by atoms with E-state index in [1.165, 1.54) is 0 Å². The molecule has 5 heteroatoms. The highest BCUT2D eigenvalue weighted by Gasteiger charge is 2.66. The summed E-state index contributed by atoms with van der Waals surface area (Å²) in [4.78, 5) is 18.5. The number of Topliss-reactive ketones (excluding diaryl/α,β-unsaturated/α-hetero) is 1. The number of fused-ring (bicyclic) bond motifs is 5. The minimum absolute atomic E-state index is 0.0871. The van der Waals surface area contributed by atoms with Crippen LogP contribution in [0.4, 0.5) is 0 Å². The maximum atomic E-state index is 12.7. The highest BCUT2D eigenvalue weighted by Crippen LogP contribution is 2.67. The molecule has 4 aliphatic carbocycles. The van der Waals surface area contributed by atoms with Gasteiger partial charge in [-0.05, 0) is 68.7 Å². The average molecular weight is 403 g/mol. The van der Waals surface area contributed by atoms with Gasteiger partial charge in [0.2, 0.25) is 0 Å². The van der Waals surface area contributed by atoms with Crippen LogP contribution in [-0.4, -0.2) is 41.4 Å². The minimum atomic E-state index is -0.709. The van der Waals surface area contributed by atoms with Crippen molar-refractivity contribution in [2.24, 2.45) is 39.7 Å². The van der Waals surface area contributed by atoms with E-state index in [-0.39, 0.29) is 22.9 Å². The Labute approximate surface area is 175 Å². The van der Waals surface area contributed by atoms with Gasteiger partial charge < -0.3 is 15.3 Å². The predicted octanol–water partition coefficient (Wildman–Crippen LogP) is 3.69. The lowest BCUT2D eigenvalue weighted by Gasteiger charge is -2.65. The molecule has 5 aliphatic rings. The lowest BCUT2D eigenvalue weighted by atomic mass is 9.41. The molecule has 0 aromatic rings. The van der Waals surface area contributed by atoms with Crippen molar-refractivity contribution in [1.29, 1.82) is 0 Å². The van der Waals surface area contributed by atoms with Gasteiger partial charge in [0.1, 0.15) is 11.9 Å². The summed E-state index contributed by atoms with van der Waals surface area (Å²) in [7, 11) is 0. The largest absolute Gasteiger partial charge is 0.391 e. The third-order valence-corrected chi connectivity index (χ3v) is 10.1. The monoisotopic (exact) mass is 402 g/mol. The molecule has 0 spiro atoms. The fraction of sp³-hybridized carbons (Fsp3) is 0.917. The van der Waals surface area contributed by atoms with Crippen molar-refractivity contribution >= 4 is 11.5 Å². The van der Waals surface area contributed by atoms with Gasteiger partial charge in [-0.2, -0.15) is 0 Å². The molecule has 1 aliphatic heterocycles. The number of hydrogen-bond donors (Lipinski definition) is 2. The highest BCUT2D eigenvalue weighted by molar-refractivity contribution is 5.87. The minimum Gasteiger partial charge on any atom is -0.391 e. The second-order valence-electron chi connectivity index (χ2n) is 11.3. The van der Waals surface area contributed by atoms with Crippen LogP contribution in [0.5, 0.6) is 0 Å². The third kappa shape index (κ3) is 2.79. The van der Waals surface area contributed by atoms with E-state index in [1.54, 1.807) is 0 Å². The normalized spacial score (nSPS) is 53.4. The number of nitrogens with one attached hydrogen (secondary N) is 1. The molecular formula is C24H38N2O3. The van der Waals surface area contributed by atoms with E-state index in [1.807, 2.05) is 0 Å². The van der Waals surface area contributed by atoms with E-state index in [9.17, 15) is 9.90 Å². The van der Waals surface area contributed by atoms with Crippen LogP contribution in [0.15, 0.2) is 5.16 Å². The van der Waals surface area contributed by atoms with Crippen LogP contribution >= 0.6 is 0 Å². The summed E-state index contributed by atoms with van der Waals surface area (Å²) in [6.45, 7) is 8.69. The molecule has 0 bridgehead atoms. The van der Waals surface area contributed by atoms with Crippen molar-refractivity contribution in [3.8, 4) is 0 Å². The van der Waals surface area contributed by atoms with E-state index in [0.717, 1.165) is 70.2 Å². The van der Waals surface area contributed by atoms with E-state index >= 15 is 0 Å².